The smallest absolute Gasteiger partial charge is 0.233 e. The second kappa shape index (κ2) is 8.38. The molecule has 1 aliphatic rings. The topological polar surface area (TPSA) is 107 Å². The maximum absolute atomic E-state index is 12.6. The highest BCUT2D eigenvalue weighted by Crippen LogP contribution is 2.32. The molecule has 0 atom stereocenters. The van der Waals surface area contributed by atoms with Gasteiger partial charge in [-0.3, -0.25) is 4.72 Å². The van der Waals surface area contributed by atoms with Crippen LogP contribution in [0.15, 0.2) is 82.5 Å². The first-order valence-corrected chi connectivity index (χ1v) is 12.2. The molecule has 0 fully saturated rings. The summed E-state index contributed by atoms with van der Waals surface area (Å²) >= 11 is 6.02. The Bertz CT molecular complexity index is 1630. The van der Waals surface area contributed by atoms with Crippen LogP contribution >= 0.6 is 11.6 Å². The van der Waals surface area contributed by atoms with E-state index in [-0.39, 0.29) is 11.6 Å². The molecule has 0 bridgehead atoms. The van der Waals surface area contributed by atoms with E-state index in [4.69, 9.17) is 11.6 Å². The fourth-order valence-corrected chi connectivity index (χ4v) is 4.94. The SMILES string of the molecule is O=S(=O)(CCc1ccccc1)Nc1ccc2[nH]c(O)c(/C=C3/N=c4ccc(Cl)cc4=N3)c2c1. The van der Waals surface area contributed by atoms with Gasteiger partial charge in [-0.2, -0.15) is 0 Å². The average Bonchev–Trinajstić information content (AvgIpc) is 3.33. The van der Waals surface area contributed by atoms with Crippen LogP contribution in [-0.2, 0) is 16.4 Å². The number of halogens is 1. The number of aryl methyl sites for hydroxylation is 1. The van der Waals surface area contributed by atoms with Crippen molar-refractivity contribution in [3.05, 3.63) is 99.4 Å². The number of aromatic nitrogens is 1. The zero-order valence-corrected chi connectivity index (χ0v) is 18.9. The molecule has 0 saturated carbocycles. The van der Waals surface area contributed by atoms with Crippen LogP contribution in [0.3, 0.4) is 0 Å². The van der Waals surface area contributed by atoms with Crippen molar-refractivity contribution in [2.24, 2.45) is 9.98 Å². The molecule has 2 heterocycles. The third-order valence-electron chi connectivity index (χ3n) is 5.27. The Balaban J connectivity index is 1.43. The molecule has 3 aromatic carbocycles. The van der Waals surface area contributed by atoms with Crippen molar-refractivity contribution < 1.29 is 13.5 Å². The van der Waals surface area contributed by atoms with Gasteiger partial charge >= 0.3 is 0 Å². The number of H-pyrrole nitrogens is 1. The number of hydrogen-bond acceptors (Lipinski definition) is 5. The van der Waals surface area contributed by atoms with Crippen LogP contribution in [0.4, 0.5) is 5.69 Å². The highest BCUT2D eigenvalue weighted by molar-refractivity contribution is 7.92. The Morgan fingerprint density at radius 2 is 1.79 bits per heavy atom. The summed E-state index contributed by atoms with van der Waals surface area (Å²) in [5.41, 5.74) is 2.49. The van der Waals surface area contributed by atoms with Crippen molar-refractivity contribution in [3.63, 3.8) is 0 Å². The van der Waals surface area contributed by atoms with Gasteiger partial charge in [-0.1, -0.05) is 41.9 Å². The lowest BCUT2D eigenvalue weighted by Crippen LogP contribution is -2.20. The Labute approximate surface area is 194 Å². The van der Waals surface area contributed by atoms with E-state index >= 15 is 0 Å². The van der Waals surface area contributed by atoms with Crippen molar-refractivity contribution in [3.8, 4) is 5.88 Å². The summed E-state index contributed by atoms with van der Waals surface area (Å²) in [5, 5.41) is 13.0. The van der Waals surface area contributed by atoms with E-state index in [1.54, 1.807) is 42.5 Å². The number of aromatic amines is 1. The average molecular weight is 479 g/mol. The number of nitrogens with zero attached hydrogens (tertiary/aromatic N) is 2. The van der Waals surface area contributed by atoms with Crippen molar-refractivity contribution in [1.82, 2.24) is 4.98 Å². The zero-order valence-electron chi connectivity index (χ0n) is 17.3. The molecule has 0 aliphatic carbocycles. The number of anilines is 1. The van der Waals surface area contributed by atoms with E-state index in [1.165, 1.54) is 0 Å². The fraction of sp³-hybridized carbons (Fsp3) is 0.0833. The van der Waals surface area contributed by atoms with Crippen LogP contribution in [-0.4, -0.2) is 24.3 Å². The normalized spacial score (nSPS) is 14.2. The molecule has 5 rings (SSSR count). The van der Waals surface area contributed by atoms with Gasteiger partial charge in [-0.15, -0.1) is 0 Å². The molecule has 33 heavy (non-hydrogen) atoms. The van der Waals surface area contributed by atoms with Crippen molar-refractivity contribution in [2.45, 2.75) is 6.42 Å². The maximum Gasteiger partial charge on any atom is 0.233 e. The molecule has 0 amide bonds. The second-order valence-corrected chi connectivity index (χ2v) is 9.94. The Hall–Kier alpha value is -3.62. The minimum absolute atomic E-state index is 0.0388. The van der Waals surface area contributed by atoms with Gasteiger partial charge in [0.25, 0.3) is 0 Å². The van der Waals surface area contributed by atoms with E-state index in [2.05, 4.69) is 19.7 Å². The molecule has 0 unspecified atom stereocenters. The van der Waals surface area contributed by atoms with E-state index in [9.17, 15) is 13.5 Å². The van der Waals surface area contributed by atoms with Crippen LogP contribution in [0.1, 0.15) is 11.1 Å². The second-order valence-electron chi connectivity index (χ2n) is 7.66. The number of sulfonamides is 1. The number of benzene rings is 3. The Morgan fingerprint density at radius 3 is 2.61 bits per heavy atom. The molecule has 0 radical (unpaired) electrons. The first-order valence-electron chi connectivity index (χ1n) is 10.2. The summed E-state index contributed by atoms with van der Waals surface area (Å²) in [4.78, 5) is 11.8. The monoisotopic (exact) mass is 478 g/mol. The number of aromatic hydroxyl groups is 1. The van der Waals surface area contributed by atoms with Gasteiger partial charge in [0.05, 0.1) is 16.5 Å². The molecule has 7 nitrogen and oxygen atoms in total. The van der Waals surface area contributed by atoms with Gasteiger partial charge in [0.1, 0.15) is 0 Å². The molecular formula is C24H19ClN4O3S. The molecular weight excluding hydrogens is 460 g/mol. The largest absolute Gasteiger partial charge is 0.494 e. The maximum atomic E-state index is 12.6. The number of fused-ring (bicyclic) bond motifs is 2. The number of hydrogen-bond donors (Lipinski definition) is 3. The van der Waals surface area contributed by atoms with Crippen LogP contribution in [0, 0.1) is 0 Å². The third-order valence-corrected chi connectivity index (χ3v) is 6.80. The van der Waals surface area contributed by atoms with Gasteiger partial charge in [-0.05, 0) is 54.5 Å². The first kappa shape index (κ1) is 21.2. The number of nitrogens with one attached hydrogen (secondary N) is 2. The van der Waals surface area contributed by atoms with Crippen LogP contribution in [0.25, 0.3) is 17.0 Å². The van der Waals surface area contributed by atoms with E-state index in [1.807, 2.05) is 30.3 Å². The summed E-state index contributed by atoms with van der Waals surface area (Å²) < 4.78 is 27.8. The summed E-state index contributed by atoms with van der Waals surface area (Å²) in [6.45, 7) is 0. The first-order chi connectivity index (χ1) is 15.9. The highest BCUT2D eigenvalue weighted by atomic mass is 35.5. The minimum atomic E-state index is -3.56. The lowest BCUT2D eigenvalue weighted by Gasteiger charge is -2.08. The van der Waals surface area contributed by atoms with Crippen molar-refractivity contribution in [2.75, 3.05) is 10.5 Å². The predicted octanol–water partition coefficient (Wildman–Crippen LogP) is 3.76. The summed E-state index contributed by atoms with van der Waals surface area (Å²) in [7, 11) is -3.56. The van der Waals surface area contributed by atoms with E-state index < -0.39 is 10.0 Å². The highest BCUT2D eigenvalue weighted by Gasteiger charge is 2.15. The molecule has 1 aliphatic heterocycles. The molecule has 0 spiro atoms. The van der Waals surface area contributed by atoms with Gasteiger partial charge in [0.15, 0.2) is 11.7 Å². The minimum Gasteiger partial charge on any atom is -0.494 e. The lowest BCUT2D eigenvalue weighted by molar-refractivity contribution is 0.457. The molecule has 9 heteroatoms. The molecule has 0 saturated heterocycles. The molecule has 3 N–H and O–H groups in total. The van der Waals surface area contributed by atoms with Crippen molar-refractivity contribution >= 4 is 44.3 Å². The van der Waals surface area contributed by atoms with E-state index in [0.717, 1.165) is 5.56 Å². The van der Waals surface area contributed by atoms with Gasteiger partial charge in [0.2, 0.25) is 10.0 Å². The van der Waals surface area contributed by atoms with E-state index in [0.29, 0.717) is 50.1 Å². The van der Waals surface area contributed by atoms with Gasteiger partial charge < -0.3 is 10.1 Å². The summed E-state index contributed by atoms with van der Waals surface area (Å²) in [5.74, 6) is 0.321. The molecule has 4 aromatic rings. The predicted molar refractivity (Wildman–Crippen MR) is 129 cm³/mol. The van der Waals surface area contributed by atoms with Crippen LogP contribution in [0.5, 0.6) is 5.88 Å². The third kappa shape index (κ3) is 4.62. The Morgan fingerprint density at radius 1 is 1.00 bits per heavy atom. The lowest BCUT2D eigenvalue weighted by atomic mass is 10.1. The van der Waals surface area contributed by atoms with Crippen LogP contribution in [0.2, 0.25) is 5.02 Å². The van der Waals surface area contributed by atoms with Gasteiger partial charge in [-0.25, -0.2) is 18.4 Å². The van der Waals surface area contributed by atoms with Gasteiger partial charge in [0, 0.05) is 27.2 Å². The fourth-order valence-electron chi connectivity index (χ4n) is 3.68. The summed E-state index contributed by atoms with van der Waals surface area (Å²) in [6.07, 6.45) is 2.06. The standard InChI is InChI=1S/C24H19ClN4O3S/c25-16-6-8-21-22(12-16)27-23(26-21)14-19-18-13-17(7-9-20(18)28-24(19)30)29-33(31,32)11-10-15-4-2-1-3-5-15/h1-9,12-14,28-30H,10-11H2/b23-14-. The quantitative estimate of drug-likeness (QED) is 0.392. The summed E-state index contributed by atoms with van der Waals surface area (Å²) in [6, 6.07) is 19.7. The number of rotatable bonds is 6. The Kier molecular flexibility index (Phi) is 5.39. The van der Waals surface area contributed by atoms with Crippen molar-refractivity contribution in [1.29, 1.82) is 0 Å². The molecule has 1 aromatic heterocycles. The van der Waals surface area contributed by atoms with Crippen LogP contribution < -0.4 is 15.4 Å². The molecule has 166 valence electrons. The zero-order chi connectivity index (χ0) is 23.0.